The van der Waals surface area contributed by atoms with Crippen molar-refractivity contribution in [2.75, 3.05) is 0 Å². The standard InChI is InChI=1S/C8H7ClO2.C8H6N2/c9-8(10)11-6-7-4-2-1-3-5-7;1-2-4-8-7(3-1)9-5-6-10-8/h1-5H,6H2;1-6H. The fraction of sp³-hybridized carbons (Fsp3) is 0.0625. The second kappa shape index (κ2) is 7.97. The normalized spacial score (nSPS) is 9.57. The molecular formula is C16H13ClN2O2. The Labute approximate surface area is 127 Å². The van der Waals surface area contributed by atoms with Gasteiger partial charge in [0.25, 0.3) is 0 Å². The van der Waals surface area contributed by atoms with Crippen LogP contribution in [0.15, 0.2) is 67.0 Å². The summed E-state index contributed by atoms with van der Waals surface area (Å²) in [6, 6.07) is 17.2. The Morgan fingerprint density at radius 3 is 1.95 bits per heavy atom. The Morgan fingerprint density at radius 1 is 0.905 bits per heavy atom. The van der Waals surface area contributed by atoms with Crippen molar-refractivity contribution < 1.29 is 9.53 Å². The molecule has 0 atom stereocenters. The molecule has 4 nitrogen and oxygen atoms in total. The van der Waals surface area contributed by atoms with Crippen molar-refractivity contribution in [3.8, 4) is 0 Å². The Morgan fingerprint density at radius 2 is 1.43 bits per heavy atom. The first-order valence-electron chi connectivity index (χ1n) is 6.27. The van der Waals surface area contributed by atoms with E-state index in [1.165, 1.54) is 0 Å². The van der Waals surface area contributed by atoms with Crippen LogP contribution >= 0.6 is 11.6 Å². The number of fused-ring (bicyclic) bond motifs is 1. The molecule has 0 radical (unpaired) electrons. The van der Waals surface area contributed by atoms with Crippen LogP contribution in [0, 0.1) is 0 Å². The average molecular weight is 301 g/mol. The number of aromatic nitrogens is 2. The van der Waals surface area contributed by atoms with Gasteiger partial charge in [-0.3, -0.25) is 9.97 Å². The maximum Gasteiger partial charge on any atom is 0.404 e. The van der Waals surface area contributed by atoms with Crippen molar-refractivity contribution in [3.63, 3.8) is 0 Å². The smallest absolute Gasteiger partial charge is 0.404 e. The summed E-state index contributed by atoms with van der Waals surface area (Å²) in [4.78, 5) is 18.4. The number of ether oxygens (including phenoxy) is 1. The van der Waals surface area contributed by atoms with E-state index >= 15 is 0 Å². The molecular weight excluding hydrogens is 288 g/mol. The molecule has 0 fully saturated rings. The number of para-hydroxylation sites is 2. The molecule has 21 heavy (non-hydrogen) atoms. The van der Waals surface area contributed by atoms with Crippen LogP contribution < -0.4 is 0 Å². The SMILES string of the molecule is O=C(Cl)OCc1ccccc1.c1ccc2nccnc2c1. The number of benzene rings is 2. The van der Waals surface area contributed by atoms with Crippen LogP contribution in [-0.2, 0) is 11.3 Å². The summed E-state index contributed by atoms with van der Waals surface area (Å²) in [5.41, 5.74) is 2.06. The van der Waals surface area contributed by atoms with Gasteiger partial charge in [-0.1, -0.05) is 42.5 Å². The molecule has 2 aromatic carbocycles. The van der Waals surface area contributed by atoms with Gasteiger partial charge in [-0.25, -0.2) is 4.79 Å². The van der Waals surface area contributed by atoms with Gasteiger partial charge in [-0.2, -0.15) is 0 Å². The number of hydrogen-bond donors (Lipinski definition) is 0. The zero-order valence-electron chi connectivity index (χ0n) is 11.1. The Balaban J connectivity index is 0.000000154. The molecule has 5 heteroatoms. The predicted molar refractivity (Wildman–Crippen MR) is 82.0 cm³/mol. The minimum Gasteiger partial charge on any atom is -0.449 e. The molecule has 0 spiro atoms. The lowest BCUT2D eigenvalue weighted by molar-refractivity contribution is 0.167. The van der Waals surface area contributed by atoms with E-state index in [4.69, 9.17) is 11.6 Å². The van der Waals surface area contributed by atoms with E-state index in [2.05, 4.69) is 14.7 Å². The summed E-state index contributed by atoms with van der Waals surface area (Å²) in [5, 5.41) is 0. The molecule has 0 aliphatic heterocycles. The average Bonchev–Trinajstić information content (AvgIpc) is 2.55. The molecule has 0 aliphatic carbocycles. The van der Waals surface area contributed by atoms with Crippen LogP contribution in [0.25, 0.3) is 11.0 Å². The van der Waals surface area contributed by atoms with E-state index in [9.17, 15) is 4.79 Å². The minimum atomic E-state index is -0.770. The van der Waals surface area contributed by atoms with Gasteiger partial charge in [0.15, 0.2) is 0 Å². The highest BCUT2D eigenvalue weighted by molar-refractivity contribution is 6.61. The predicted octanol–water partition coefficient (Wildman–Crippen LogP) is 4.19. The van der Waals surface area contributed by atoms with Crippen LogP contribution in [0.1, 0.15) is 5.56 Å². The van der Waals surface area contributed by atoms with Crippen molar-refractivity contribution in [1.82, 2.24) is 9.97 Å². The fourth-order valence-corrected chi connectivity index (χ4v) is 1.68. The molecule has 0 bridgehead atoms. The van der Waals surface area contributed by atoms with E-state index in [1.807, 2.05) is 54.6 Å². The van der Waals surface area contributed by atoms with Gasteiger partial charge < -0.3 is 4.74 Å². The van der Waals surface area contributed by atoms with E-state index in [1.54, 1.807) is 12.4 Å². The second-order valence-electron chi connectivity index (χ2n) is 4.06. The van der Waals surface area contributed by atoms with Crippen molar-refractivity contribution >= 4 is 28.1 Å². The molecule has 1 heterocycles. The Kier molecular flexibility index (Phi) is 5.67. The molecule has 3 rings (SSSR count). The van der Waals surface area contributed by atoms with Gasteiger partial charge >= 0.3 is 5.43 Å². The number of rotatable bonds is 2. The summed E-state index contributed by atoms with van der Waals surface area (Å²) < 4.78 is 4.55. The highest BCUT2D eigenvalue weighted by atomic mass is 35.5. The molecule has 0 saturated carbocycles. The fourth-order valence-electron chi connectivity index (χ4n) is 1.62. The highest BCUT2D eigenvalue weighted by Gasteiger charge is 1.95. The summed E-state index contributed by atoms with van der Waals surface area (Å²) in [6.07, 6.45) is 3.39. The van der Waals surface area contributed by atoms with Gasteiger partial charge in [-0.05, 0) is 17.7 Å². The van der Waals surface area contributed by atoms with Crippen LogP contribution in [-0.4, -0.2) is 15.4 Å². The molecule has 3 aromatic rings. The Bertz CT molecular complexity index is 639. The van der Waals surface area contributed by atoms with Crippen LogP contribution in [0.2, 0.25) is 0 Å². The van der Waals surface area contributed by atoms with Crippen molar-refractivity contribution in [1.29, 1.82) is 0 Å². The van der Waals surface area contributed by atoms with Crippen molar-refractivity contribution in [2.24, 2.45) is 0 Å². The number of carbonyl (C=O) groups is 1. The van der Waals surface area contributed by atoms with Gasteiger partial charge in [-0.15, -0.1) is 0 Å². The van der Waals surface area contributed by atoms with E-state index in [0.29, 0.717) is 0 Å². The van der Waals surface area contributed by atoms with E-state index in [-0.39, 0.29) is 6.61 Å². The third-order valence-electron chi connectivity index (χ3n) is 2.57. The largest absolute Gasteiger partial charge is 0.449 e. The van der Waals surface area contributed by atoms with Gasteiger partial charge in [0, 0.05) is 24.0 Å². The summed E-state index contributed by atoms with van der Waals surface area (Å²) in [5.74, 6) is 0. The number of nitrogens with zero attached hydrogens (tertiary/aromatic N) is 2. The summed E-state index contributed by atoms with van der Waals surface area (Å²) >= 11 is 4.97. The lowest BCUT2D eigenvalue weighted by Gasteiger charge is -1.98. The first kappa shape index (κ1) is 14.9. The molecule has 0 saturated heterocycles. The molecule has 0 amide bonds. The van der Waals surface area contributed by atoms with Crippen LogP contribution in [0.3, 0.4) is 0 Å². The number of halogens is 1. The van der Waals surface area contributed by atoms with Gasteiger partial charge in [0.2, 0.25) is 0 Å². The third-order valence-corrected chi connectivity index (χ3v) is 2.68. The Hall–Kier alpha value is -2.46. The molecule has 106 valence electrons. The maximum absolute atomic E-state index is 10.2. The van der Waals surface area contributed by atoms with Gasteiger partial charge in [0.1, 0.15) is 6.61 Å². The first-order chi connectivity index (χ1) is 10.3. The lowest BCUT2D eigenvalue weighted by Crippen LogP contribution is -1.93. The number of carbonyl (C=O) groups excluding carboxylic acids is 1. The quantitative estimate of drug-likeness (QED) is 0.666. The van der Waals surface area contributed by atoms with Crippen molar-refractivity contribution in [2.45, 2.75) is 6.61 Å². The molecule has 0 unspecified atom stereocenters. The summed E-state index contributed by atoms with van der Waals surface area (Å²) in [6.45, 7) is 0.239. The van der Waals surface area contributed by atoms with E-state index < -0.39 is 5.43 Å². The topological polar surface area (TPSA) is 52.1 Å². The van der Waals surface area contributed by atoms with Crippen molar-refractivity contribution in [3.05, 3.63) is 72.6 Å². The zero-order chi connectivity index (χ0) is 14.9. The van der Waals surface area contributed by atoms with Gasteiger partial charge in [0.05, 0.1) is 11.0 Å². The zero-order valence-corrected chi connectivity index (χ0v) is 11.9. The van der Waals surface area contributed by atoms with Crippen LogP contribution in [0.4, 0.5) is 4.79 Å². The number of hydrogen-bond acceptors (Lipinski definition) is 4. The van der Waals surface area contributed by atoms with Crippen LogP contribution in [0.5, 0.6) is 0 Å². The van der Waals surface area contributed by atoms with E-state index in [0.717, 1.165) is 16.6 Å². The second-order valence-corrected chi connectivity index (χ2v) is 4.37. The third kappa shape index (κ3) is 5.20. The monoisotopic (exact) mass is 300 g/mol. The molecule has 0 N–H and O–H groups in total. The molecule has 1 aromatic heterocycles. The lowest BCUT2D eigenvalue weighted by atomic mass is 10.2. The molecule has 0 aliphatic rings. The summed E-state index contributed by atoms with van der Waals surface area (Å²) in [7, 11) is 0. The minimum absolute atomic E-state index is 0.239. The first-order valence-corrected chi connectivity index (χ1v) is 6.65. The maximum atomic E-state index is 10.2. The highest BCUT2D eigenvalue weighted by Crippen LogP contribution is 2.04.